The van der Waals surface area contributed by atoms with Crippen molar-refractivity contribution in [1.29, 1.82) is 0 Å². The zero-order valence-electron chi connectivity index (χ0n) is 13.0. The first-order chi connectivity index (χ1) is 10.0. The molecule has 2 aromatic carbocycles. The lowest BCUT2D eigenvalue weighted by molar-refractivity contribution is 0.470. The first-order valence-electron chi connectivity index (χ1n) is 7.23. The number of benzene rings is 2. The van der Waals surface area contributed by atoms with Gasteiger partial charge in [-0.05, 0) is 43.1 Å². The maximum Gasteiger partial charge on any atom is 0.150 e. The molecule has 0 saturated heterocycles. The molecule has 0 aliphatic carbocycles. The number of halogens is 1. The summed E-state index contributed by atoms with van der Waals surface area (Å²) in [6.07, 6.45) is 0. The van der Waals surface area contributed by atoms with E-state index in [9.17, 15) is 0 Å². The van der Waals surface area contributed by atoms with Crippen LogP contribution in [-0.2, 0) is 6.54 Å². The fourth-order valence-corrected chi connectivity index (χ4v) is 2.43. The van der Waals surface area contributed by atoms with Crippen LogP contribution in [0.15, 0.2) is 36.4 Å². The summed E-state index contributed by atoms with van der Waals surface area (Å²) < 4.78 is 6.14. The predicted molar refractivity (Wildman–Crippen MR) is 89.6 cm³/mol. The van der Waals surface area contributed by atoms with Gasteiger partial charge in [0.05, 0.1) is 5.02 Å². The van der Waals surface area contributed by atoms with Gasteiger partial charge in [-0.3, -0.25) is 0 Å². The molecule has 0 aliphatic rings. The van der Waals surface area contributed by atoms with Crippen LogP contribution in [0.1, 0.15) is 36.5 Å². The monoisotopic (exact) mass is 303 g/mol. The van der Waals surface area contributed by atoms with Crippen molar-refractivity contribution in [3.8, 4) is 11.5 Å². The third-order valence-electron chi connectivity index (χ3n) is 3.51. The Bertz CT molecular complexity index is 623. The average Bonchev–Trinajstić information content (AvgIpc) is 2.44. The molecule has 0 amide bonds. The van der Waals surface area contributed by atoms with Crippen LogP contribution in [0.3, 0.4) is 0 Å². The Balaban J connectivity index is 2.40. The summed E-state index contributed by atoms with van der Waals surface area (Å²) in [5.74, 6) is 2.07. The second-order valence-corrected chi connectivity index (χ2v) is 5.95. The zero-order valence-corrected chi connectivity index (χ0v) is 13.8. The number of ether oxygens (including phenoxy) is 1. The minimum Gasteiger partial charge on any atom is -0.455 e. The van der Waals surface area contributed by atoms with E-state index in [1.54, 1.807) is 0 Å². The van der Waals surface area contributed by atoms with Gasteiger partial charge in [0.25, 0.3) is 0 Å². The SMILES string of the molecule is CNCc1cccc(Cl)c1Oc1cc(C(C)C)ccc1C. The largest absolute Gasteiger partial charge is 0.455 e. The van der Waals surface area contributed by atoms with Gasteiger partial charge in [-0.1, -0.05) is 49.7 Å². The molecule has 2 nitrogen and oxygen atoms in total. The minimum absolute atomic E-state index is 0.468. The molecule has 0 radical (unpaired) electrons. The number of nitrogens with one attached hydrogen (secondary N) is 1. The molecular weight excluding hydrogens is 282 g/mol. The number of hydrogen-bond acceptors (Lipinski definition) is 2. The molecule has 1 N–H and O–H groups in total. The van der Waals surface area contributed by atoms with Crippen LogP contribution in [0.2, 0.25) is 5.02 Å². The van der Waals surface area contributed by atoms with Crippen molar-refractivity contribution in [2.45, 2.75) is 33.2 Å². The average molecular weight is 304 g/mol. The first kappa shape index (κ1) is 15.9. The van der Waals surface area contributed by atoms with Crippen molar-refractivity contribution >= 4 is 11.6 Å². The summed E-state index contributed by atoms with van der Waals surface area (Å²) in [6.45, 7) is 7.12. The molecule has 0 fully saturated rings. The molecule has 2 rings (SSSR count). The highest BCUT2D eigenvalue weighted by Crippen LogP contribution is 2.35. The van der Waals surface area contributed by atoms with E-state index >= 15 is 0 Å². The Morgan fingerprint density at radius 1 is 1.19 bits per heavy atom. The Hall–Kier alpha value is -1.51. The standard InChI is InChI=1S/C18H22ClNO/c1-12(2)14-9-8-13(3)17(10-14)21-18-15(11-20-4)6-5-7-16(18)19/h5-10,12,20H,11H2,1-4H3. The van der Waals surface area contributed by atoms with E-state index in [0.717, 1.165) is 29.2 Å². The van der Waals surface area contributed by atoms with E-state index in [-0.39, 0.29) is 0 Å². The number of hydrogen-bond donors (Lipinski definition) is 1. The quantitative estimate of drug-likeness (QED) is 0.811. The van der Waals surface area contributed by atoms with Crippen molar-refractivity contribution in [3.05, 3.63) is 58.1 Å². The molecule has 0 saturated carbocycles. The fourth-order valence-electron chi connectivity index (χ4n) is 2.19. The summed E-state index contributed by atoms with van der Waals surface area (Å²) in [5, 5.41) is 3.78. The Morgan fingerprint density at radius 3 is 2.62 bits per heavy atom. The van der Waals surface area contributed by atoms with Crippen LogP contribution in [0, 0.1) is 6.92 Å². The van der Waals surface area contributed by atoms with Crippen LogP contribution < -0.4 is 10.1 Å². The summed E-state index contributed by atoms with van der Waals surface area (Å²) >= 11 is 6.32. The lowest BCUT2D eigenvalue weighted by atomic mass is 10.0. The van der Waals surface area contributed by atoms with Gasteiger partial charge in [0.2, 0.25) is 0 Å². The van der Waals surface area contributed by atoms with Gasteiger partial charge in [0.15, 0.2) is 5.75 Å². The summed E-state index contributed by atoms with van der Waals surface area (Å²) in [7, 11) is 1.91. The molecule has 112 valence electrons. The van der Waals surface area contributed by atoms with E-state index in [0.29, 0.717) is 10.9 Å². The smallest absolute Gasteiger partial charge is 0.150 e. The van der Waals surface area contributed by atoms with Crippen LogP contribution in [-0.4, -0.2) is 7.05 Å². The maximum atomic E-state index is 6.32. The highest BCUT2D eigenvalue weighted by atomic mass is 35.5. The fraction of sp³-hybridized carbons (Fsp3) is 0.333. The molecule has 0 atom stereocenters. The van der Waals surface area contributed by atoms with Crippen molar-refractivity contribution in [2.75, 3.05) is 7.05 Å². The van der Waals surface area contributed by atoms with Gasteiger partial charge < -0.3 is 10.1 Å². The summed E-state index contributed by atoms with van der Waals surface area (Å²) in [4.78, 5) is 0. The number of aryl methyl sites for hydroxylation is 1. The summed E-state index contributed by atoms with van der Waals surface area (Å²) in [5.41, 5.74) is 3.42. The highest BCUT2D eigenvalue weighted by Gasteiger charge is 2.12. The maximum absolute atomic E-state index is 6.32. The molecule has 3 heteroatoms. The van der Waals surface area contributed by atoms with Gasteiger partial charge in [-0.25, -0.2) is 0 Å². The van der Waals surface area contributed by atoms with E-state index in [1.807, 2.05) is 32.2 Å². The molecular formula is C18H22ClNO. The normalized spacial score (nSPS) is 11.0. The molecule has 0 spiro atoms. The molecule has 0 bridgehead atoms. The second kappa shape index (κ2) is 6.97. The molecule has 0 unspecified atom stereocenters. The third kappa shape index (κ3) is 3.78. The van der Waals surface area contributed by atoms with Crippen molar-refractivity contribution in [3.63, 3.8) is 0 Å². The minimum atomic E-state index is 0.468. The topological polar surface area (TPSA) is 21.3 Å². The number of rotatable bonds is 5. The molecule has 0 aromatic heterocycles. The van der Waals surface area contributed by atoms with E-state index in [2.05, 4.69) is 37.4 Å². The van der Waals surface area contributed by atoms with Crippen LogP contribution in [0.25, 0.3) is 0 Å². The van der Waals surface area contributed by atoms with E-state index in [1.165, 1.54) is 5.56 Å². The van der Waals surface area contributed by atoms with Crippen molar-refractivity contribution < 1.29 is 4.74 Å². The van der Waals surface area contributed by atoms with E-state index < -0.39 is 0 Å². The lowest BCUT2D eigenvalue weighted by Crippen LogP contribution is -2.06. The molecule has 2 aromatic rings. The van der Waals surface area contributed by atoms with Crippen molar-refractivity contribution in [2.24, 2.45) is 0 Å². The Morgan fingerprint density at radius 2 is 1.95 bits per heavy atom. The van der Waals surface area contributed by atoms with Gasteiger partial charge in [-0.15, -0.1) is 0 Å². The van der Waals surface area contributed by atoms with E-state index in [4.69, 9.17) is 16.3 Å². The van der Waals surface area contributed by atoms with Crippen LogP contribution in [0.5, 0.6) is 11.5 Å². The zero-order chi connectivity index (χ0) is 15.4. The summed E-state index contributed by atoms with van der Waals surface area (Å²) in [6, 6.07) is 12.2. The van der Waals surface area contributed by atoms with Gasteiger partial charge in [0.1, 0.15) is 5.75 Å². The lowest BCUT2D eigenvalue weighted by Gasteiger charge is -2.16. The van der Waals surface area contributed by atoms with Gasteiger partial charge in [-0.2, -0.15) is 0 Å². The predicted octanol–water partition coefficient (Wildman–Crippen LogP) is 5.28. The molecule has 0 heterocycles. The van der Waals surface area contributed by atoms with Crippen LogP contribution in [0.4, 0.5) is 0 Å². The Labute approximate surface area is 132 Å². The first-order valence-corrected chi connectivity index (χ1v) is 7.61. The van der Waals surface area contributed by atoms with Gasteiger partial charge in [0, 0.05) is 12.1 Å². The third-order valence-corrected chi connectivity index (χ3v) is 3.80. The highest BCUT2D eigenvalue weighted by molar-refractivity contribution is 6.32. The second-order valence-electron chi connectivity index (χ2n) is 5.54. The Kier molecular flexibility index (Phi) is 5.27. The molecule has 21 heavy (non-hydrogen) atoms. The van der Waals surface area contributed by atoms with Gasteiger partial charge >= 0.3 is 0 Å². The van der Waals surface area contributed by atoms with Crippen LogP contribution >= 0.6 is 11.6 Å². The van der Waals surface area contributed by atoms with Crippen molar-refractivity contribution in [1.82, 2.24) is 5.32 Å². The number of para-hydroxylation sites is 1. The molecule has 0 aliphatic heterocycles.